The number of hydrogen-bond donors (Lipinski definition) is 1. The van der Waals surface area contributed by atoms with Crippen LogP contribution in [0.15, 0.2) is 40.1 Å². The monoisotopic (exact) mass is 391 g/mol. The molecule has 0 saturated heterocycles. The van der Waals surface area contributed by atoms with Gasteiger partial charge >= 0.3 is 11.9 Å². The fourth-order valence-corrected chi connectivity index (χ4v) is 2.77. The van der Waals surface area contributed by atoms with E-state index in [-0.39, 0.29) is 28.4 Å². The molecule has 0 spiro atoms. The van der Waals surface area contributed by atoms with E-state index in [0.29, 0.717) is 0 Å². The van der Waals surface area contributed by atoms with Crippen molar-refractivity contribution in [3.63, 3.8) is 0 Å². The molecule has 0 aliphatic carbocycles. The van der Waals surface area contributed by atoms with Crippen LogP contribution in [-0.4, -0.2) is 34.1 Å². The zero-order valence-corrected chi connectivity index (χ0v) is 14.5. The maximum atomic E-state index is 12.9. The summed E-state index contributed by atoms with van der Waals surface area (Å²) in [4.78, 5) is 31.2. The highest BCUT2D eigenvalue weighted by Gasteiger charge is 2.30. The van der Waals surface area contributed by atoms with Gasteiger partial charge in [0.2, 0.25) is 0 Å². The van der Waals surface area contributed by atoms with Crippen LogP contribution in [0.2, 0.25) is 0 Å². The average Bonchev–Trinajstić information content (AvgIpc) is 3.31. The van der Waals surface area contributed by atoms with Crippen LogP contribution < -0.4 is 11.2 Å². The highest BCUT2D eigenvalue weighted by molar-refractivity contribution is 5.74. The van der Waals surface area contributed by atoms with Crippen LogP contribution >= 0.6 is 0 Å². The van der Waals surface area contributed by atoms with Crippen molar-refractivity contribution < 1.29 is 13.2 Å². The molecule has 0 unspecified atom stereocenters. The zero-order valence-electron chi connectivity index (χ0n) is 14.5. The zero-order chi connectivity index (χ0) is 20.2. The number of imidazole rings is 1. The van der Waals surface area contributed by atoms with Gasteiger partial charge in [0.1, 0.15) is 11.2 Å². The smallest absolute Gasteiger partial charge is 0.331 e. The first-order valence-corrected chi connectivity index (χ1v) is 7.93. The van der Waals surface area contributed by atoms with Gasteiger partial charge in [0.25, 0.3) is 5.56 Å². The van der Waals surface area contributed by atoms with Crippen LogP contribution in [0.4, 0.5) is 13.2 Å². The van der Waals surface area contributed by atoms with Gasteiger partial charge in [-0.05, 0) is 18.2 Å². The van der Waals surface area contributed by atoms with Gasteiger partial charge in [0.15, 0.2) is 11.5 Å². The fourth-order valence-electron chi connectivity index (χ4n) is 2.77. The molecule has 0 bridgehead atoms. The predicted octanol–water partition coefficient (Wildman–Crippen LogP) is 1.23. The number of halogens is 3. The third kappa shape index (κ3) is 2.69. The number of aryl methyl sites for hydroxylation is 1. The highest BCUT2D eigenvalue weighted by atomic mass is 19.4. The first-order valence-electron chi connectivity index (χ1n) is 7.93. The van der Waals surface area contributed by atoms with Crippen LogP contribution in [0.3, 0.4) is 0 Å². The number of aromatic nitrogens is 7. The van der Waals surface area contributed by atoms with Gasteiger partial charge in [-0.2, -0.15) is 13.2 Å². The van der Waals surface area contributed by atoms with Gasteiger partial charge in [-0.1, -0.05) is 11.3 Å². The van der Waals surface area contributed by atoms with Crippen molar-refractivity contribution in [2.24, 2.45) is 14.1 Å². The summed E-state index contributed by atoms with van der Waals surface area (Å²) in [5.74, 6) is 0.159. The lowest BCUT2D eigenvalue weighted by atomic mass is 10.2. The second-order valence-electron chi connectivity index (χ2n) is 6.09. The summed E-state index contributed by atoms with van der Waals surface area (Å²) in [5, 5.41) is 7.72. The number of rotatable bonds is 2. The van der Waals surface area contributed by atoms with Crippen molar-refractivity contribution in [2.75, 3.05) is 0 Å². The Hall–Kier alpha value is -3.70. The minimum absolute atomic E-state index is 0.105. The number of aromatic amines is 1. The Labute approximate surface area is 153 Å². The Bertz CT molecular complexity index is 1330. The molecular formula is C16H12F3N7O2. The Balaban J connectivity index is 1.81. The predicted molar refractivity (Wildman–Crippen MR) is 91.9 cm³/mol. The number of alkyl halides is 3. The van der Waals surface area contributed by atoms with E-state index < -0.39 is 23.0 Å². The molecule has 0 amide bonds. The van der Waals surface area contributed by atoms with Gasteiger partial charge in [-0.15, -0.1) is 5.10 Å². The first kappa shape index (κ1) is 17.7. The SMILES string of the molecule is Cn1c(=O)c2[nH]c(-c3cn(-c4cccc(C(F)(F)F)c4)nn3)nc2n(C)c1=O. The molecule has 28 heavy (non-hydrogen) atoms. The molecule has 1 aromatic carbocycles. The summed E-state index contributed by atoms with van der Waals surface area (Å²) in [7, 11) is 2.81. The van der Waals surface area contributed by atoms with Gasteiger partial charge in [0, 0.05) is 14.1 Å². The number of benzene rings is 1. The van der Waals surface area contributed by atoms with Gasteiger partial charge in [0.05, 0.1) is 17.4 Å². The fraction of sp³-hybridized carbons (Fsp3) is 0.188. The van der Waals surface area contributed by atoms with Gasteiger partial charge < -0.3 is 4.98 Å². The summed E-state index contributed by atoms with van der Waals surface area (Å²) in [6.07, 6.45) is -3.11. The molecule has 3 heterocycles. The quantitative estimate of drug-likeness (QED) is 0.554. The minimum Gasteiger partial charge on any atom is -0.331 e. The molecule has 0 fully saturated rings. The molecule has 9 nitrogen and oxygen atoms in total. The molecular weight excluding hydrogens is 379 g/mol. The summed E-state index contributed by atoms with van der Waals surface area (Å²) in [5.41, 5.74) is -1.31. The summed E-state index contributed by atoms with van der Waals surface area (Å²) < 4.78 is 42.0. The summed E-state index contributed by atoms with van der Waals surface area (Å²) in [6.45, 7) is 0. The van der Waals surface area contributed by atoms with Crippen molar-refractivity contribution in [1.29, 1.82) is 0 Å². The lowest BCUT2D eigenvalue weighted by Gasteiger charge is -2.07. The lowest BCUT2D eigenvalue weighted by Crippen LogP contribution is -2.36. The Morgan fingerprint density at radius 3 is 2.57 bits per heavy atom. The van der Waals surface area contributed by atoms with Crippen LogP contribution in [0.25, 0.3) is 28.4 Å². The van der Waals surface area contributed by atoms with Crippen molar-refractivity contribution in [2.45, 2.75) is 6.18 Å². The normalized spacial score (nSPS) is 12.0. The Morgan fingerprint density at radius 1 is 1.11 bits per heavy atom. The van der Waals surface area contributed by atoms with Gasteiger partial charge in [-0.3, -0.25) is 13.9 Å². The number of nitrogens with zero attached hydrogens (tertiary/aromatic N) is 6. The molecule has 4 rings (SSSR count). The summed E-state index contributed by atoms with van der Waals surface area (Å²) in [6, 6.07) is 4.61. The molecule has 1 N–H and O–H groups in total. The number of H-pyrrole nitrogens is 1. The van der Waals surface area contributed by atoms with E-state index in [1.165, 1.54) is 37.0 Å². The molecule has 0 saturated carbocycles. The molecule has 144 valence electrons. The maximum Gasteiger partial charge on any atom is 0.416 e. The molecule has 0 aliphatic heterocycles. The van der Waals surface area contributed by atoms with Crippen LogP contribution in [-0.2, 0) is 20.3 Å². The van der Waals surface area contributed by atoms with Crippen molar-refractivity contribution >= 4 is 11.2 Å². The topological polar surface area (TPSA) is 103 Å². The Morgan fingerprint density at radius 2 is 1.86 bits per heavy atom. The van der Waals surface area contributed by atoms with E-state index in [1.807, 2.05) is 0 Å². The standard InChI is InChI=1S/C16H12F3N7O2/c1-24-13-11(14(27)25(2)15(24)28)20-12(21-13)10-7-26(23-22-10)9-5-3-4-8(6-9)16(17,18)19/h3-7H,1-2H3,(H,20,21). The van der Waals surface area contributed by atoms with Crippen molar-refractivity contribution in [1.82, 2.24) is 34.1 Å². The first-order chi connectivity index (χ1) is 13.2. The third-order valence-corrected chi connectivity index (χ3v) is 4.27. The van der Waals surface area contributed by atoms with E-state index in [9.17, 15) is 22.8 Å². The van der Waals surface area contributed by atoms with E-state index in [2.05, 4.69) is 20.3 Å². The second-order valence-corrected chi connectivity index (χ2v) is 6.09. The average molecular weight is 391 g/mol. The summed E-state index contributed by atoms with van der Waals surface area (Å²) >= 11 is 0. The van der Waals surface area contributed by atoms with Crippen molar-refractivity contribution in [3.8, 4) is 17.2 Å². The minimum atomic E-state index is -4.48. The van der Waals surface area contributed by atoms with E-state index in [1.54, 1.807) is 0 Å². The third-order valence-electron chi connectivity index (χ3n) is 4.27. The Kier molecular flexibility index (Phi) is 3.73. The maximum absolute atomic E-state index is 12.9. The van der Waals surface area contributed by atoms with Crippen LogP contribution in [0, 0.1) is 0 Å². The van der Waals surface area contributed by atoms with Crippen molar-refractivity contribution in [3.05, 3.63) is 56.9 Å². The molecule has 4 aromatic rings. The van der Waals surface area contributed by atoms with Crippen LogP contribution in [0.1, 0.15) is 5.56 Å². The van der Waals surface area contributed by atoms with Crippen LogP contribution in [0.5, 0.6) is 0 Å². The largest absolute Gasteiger partial charge is 0.416 e. The van der Waals surface area contributed by atoms with E-state index >= 15 is 0 Å². The second kappa shape index (κ2) is 5.90. The number of hydrogen-bond acceptors (Lipinski definition) is 5. The number of nitrogens with one attached hydrogen (secondary N) is 1. The lowest BCUT2D eigenvalue weighted by molar-refractivity contribution is -0.137. The van der Waals surface area contributed by atoms with E-state index in [4.69, 9.17) is 0 Å². The molecule has 0 atom stereocenters. The highest BCUT2D eigenvalue weighted by Crippen LogP contribution is 2.30. The molecule has 12 heteroatoms. The van der Waals surface area contributed by atoms with Gasteiger partial charge in [-0.25, -0.2) is 14.5 Å². The molecule has 0 radical (unpaired) electrons. The van der Waals surface area contributed by atoms with E-state index in [0.717, 1.165) is 21.4 Å². The number of fused-ring (bicyclic) bond motifs is 1. The molecule has 3 aromatic heterocycles. The molecule has 0 aliphatic rings.